The maximum absolute atomic E-state index is 11.7. The lowest BCUT2D eigenvalue weighted by molar-refractivity contribution is -0.118. The van der Waals surface area contributed by atoms with Crippen molar-refractivity contribution in [1.82, 2.24) is 9.78 Å². The Labute approximate surface area is 121 Å². The van der Waals surface area contributed by atoms with Crippen LogP contribution < -0.4 is 15.8 Å². The van der Waals surface area contributed by atoms with Gasteiger partial charge in [-0.05, 0) is 24.3 Å². The molecule has 0 unspecified atom stereocenters. The van der Waals surface area contributed by atoms with Crippen LogP contribution in [0.5, 0.6) is 5.75 Å². The van der Waals surface area contributed by atoms with Crippen LogP contribution in [-0.4, -0.2) is 27.3 Å². The van der Waals surface area contributed by atoms with Crippen molar-refractivity contribution in [3.8, 4) is 5.75 Å². The predicted octanol–water partition coefficient (Wildman–Crippen LogP) is 1.07. The first kappa shape index (κ1) is 14.0. The number of amides is 1. The summed E-state index contributed by atoms with van der Waals surface area (Å²) in [7, 11) is 1.74. The Balaban J connectivity index is 1.87. The molecule has 0 fully saturated rings. The summed E-state index contributed by atoms with van der Waals surface area (Å²) < 4.78 is 6.93. The van der Waals surface area contributed by atoms with Gasteiger partial charge in [0.15, 0.2) is 6.61 Å². The molecule has 1 amide bonds. The summed E-state index contributed by atoms with van der Waals surface area (Å²) in [4.78, 5) is 12.0. The number of nitrogens with zero attached hydrogens (tertiary/aromatic N) is 2. The fourth-order valence-corrected chi connectivity index (χ4v) is 1.68. The molecule has 0 saturated carbocycles. The standard InChI is InChI=1S/C13H14N4O2S/c1-17-11(6-7-15-17)16-12(18)8-19-10-4-2-9(3-5-10)13(14)20/h2-7H,8H2,1H3,(H2,14,20)(H,16,18). The van der Waals surface area contributed by atoms with Gasteiger partial charge in [-0.1, -0.05) is 12.2 Å². The maximum Gasteiger partial charge on any atom is 0.263 e. The first-order valence-electron chi connectivity index (χ1n) is 5.87. The van der Waals surface area contributed by atoms with Crippen molar-refractivity contribution < 1.29 is 9.53 Å². The van der Waals surface area contributed by atoms with E-state index in [0.29, 0.717) is 16.6 Å². The fraction of sp³-hybridized carbons (Fsp3) is 0.154. The Bertz CT molecular complexity index is 622. The van der Waals surface area contributed by atoms with Crippen LogP contribution >= 0.6 is 12.2 Å². The average molecular weight is 290 g/mol. The lowest BCUT2D eigenvalue weighted by atomic mass is 10.2. The molecule has 0 aliphatic carbocycles. The van der Waals surface area contributed by atoms with E-state index in [1.807, 2.05) is 0 Å². The number of carbonyl (C=O) groups is 1. The van der Waals surface area contributed by atoms with Crippen molar-refractivity contribution >= 4 is 28.9 Å². The molecule has 0 atom stereocenters. The highest BCUT2D eigenvalue weighted by atomic mass is 32.1. The zero-order valence-electron chi connectivity index (χ0n) is 10.9. The largest absolute Gasteiger partial charge is 0.484 e. The molecule has 1 aromatic heterocycles. The number of anilines is 1. The van der Waals surface area contributed by atoms with Crippen LogP contribution in [0.25, 0.3) is 0 Å². The van der Waals surface area contributed by atoms with Gasteiger partial charge in [0.1, 0.15) is 16.6 Å². The third kappa shape index (κ3) is 3.55. The molecule has 0 aliphatic rings. The predicted molar refractivity (Wildman–Crippen MR) is 79.7 cm³/mol. The van der Waals surface area contributed by atoms with Crippen LogP contribution in [-0.2, 0) is 11.8 Å². The average Bonchev–Trinajstić information content (AvgIpc) is 2.82. The Morgan fingerprint density at radius 3 is 2.65 bits per heavy atom. The lowest BCUT2D eigenvalue weighted by Crippen LogP contribution is -2.21. The third-order valence-corrected chi connectivity index (χ3v) is 2.83. The van der Waals surface area contributed by atoms with Crippen LogP contribution in [0.15, 0.2) is 36.5 Å². The molecule has 0 bridgehead atoms. The smallest absolute Gasteiger partial charge is 0.263 e. The molecule has 7 heteroatoms. The van der Waals surface area contributed by atoms with Gasteiger partial charge in [0, 0.05) is 18.7 Å². The molecule has 2 rings (SSSR count). The molecular weight excluding hydrogens is 276 g/mol. The molecule has 1 aromatic carbocycles. The molecular formula is C13H14N4O2S. The molecule has 2 aromatic rings. The molecule has 0 saturated heterocycles. The number of nitrogens with two attached hydrogens (primary N) is 1. The van der Waals surface area contributed by atoms with E-state index in [1.165, 1.54) is 0 Å². The second-order valence-corrected chi connectivity index (χ2v) is 4.51. The number of thiocarbonyl (C=S) groups is 1. The number of benzene rings is 1. The van der Waals surface area contributed by atoms with E-state index < -0.39 is 0 Å². The van der Waals surface area contributed by atoms with Gasteiger partial charge in [-0.15, -0.1) is 0 Å². The van der Waals surface area contributed by atoms with E-state index in [4.69, 9.17) is 22.7 Å². The fourth-order valence-electron chi connectivity index (χ4n) is 1.54. The van der Waals surface area contributed by atoms with Crippen LogP contribution in [0.4, 0.5) is 5.82 Å². The van der Waals surface area contributed by atoms with Crippen LogP contribution in [0, 0.1) is 0 Å². The highest BCUT2D eigenvalue weighted by molar-refractivity contribution is 7.80. The number of rotatable bonds is 5. The number of hydrogen-bond acceptors (Lipinski definition) is 4. The third-order valence-electron chi connectivity index (χ3n) is 2.60. The number of ether oxygens (including phenoxy) is 1. The van der Waals surface area contributed by atoms with Gasteiger partial charge in [0.2, 0.25) is 0 Å². The Morgan fingerprint density at radius 1 is 1.40 bits per heavy atom. The van der Waals surface area contributed by atoms with Crippen molar-refractivity contribution in [3.63, 3.8) is 0 Å². The number of aromatic nitrogens is 2. The molecule has 0 spiro atoms. The maximum atomic E-state index is 11.7. The van der Waals surface area contributed by atoms with Gasteiger partial charge in [-0.2, -0.15) is 5.10 Å². The monoisotopic (exact) mass is 290 g/mol. The van der Waals surface area contributed by atoms with Crippen LogP contribution in [0.2, 0.25) is 0 Å². The first-order chi connectivity index (χ1) is 9.56. The van der Waals surface area contributed by atoms with Gasteiger partial charge < -0.3 is 15.8 Å². The summed E-state index contributed by atoms with van der Waals surface area (Å²) in [6.45, 7) is -0.0857. The van der Waals surface area contributed by atoms with E-state index in [9.17, 15) is 4.79 Å². The van der Waals surface area contributed by atoms with E-state index in [1.54, 1.807) is 48.3 Å². The molecule has 0 radical (unpaired) electrons. The van der Waals surface area contributed by atoms with Gasteiger partial charge in [-0.25, -0.2) is 0 Å². The normalized spacial score (nSPS) is 10.1. The summed E-state index contributed by atoms with van der Waals surface area (Å²) in [5, 5.41) is 6.64. The number of nitrogens with one attached hydrogen (secondary N) is 1. The molecule has 1 heterocycles. The number of hydrogen-bond donors (Lipinski definition) is 2. The molecule has 6 nitrogen and oxygen atoms in total. The Hall–Kier alpha value is -2.41. The summed E-state index contributed by atoms with van der Waals surface area (Å²) in [5.74, 6) is 0.930. The van der Waals surface area contributed by atoms with Gasteiger partial charge in [0.05, 0.1) is 6.20 Å². The molecule has 20 heavy (non-hydrogen) atoms. The molecule has 104 valence electrons. The Morgan fingerprint density at radius 2 is 2.10 bits per heavy atom. The lowest BCUT2D eigenvalue weighted by Gasteiger charge is -2.08. The van der Waals surface area contributed by atoms with Gasteiger partial charge in [0.25, 0.3) is 5.91 Å². The van der Waals surface area contributed by atoms with Crippen LogP contribution in [0.3, 0.4) is 0 Å². The summed E-state index contributed by atoms with van der Waals surface area (Å²) in [6, 6.07) is 8.62. The number of carbonyl (C=O) groups excluding carboxylic acids is 1. The number of aryl methyl sites for hydroxylation is 1. The van der Waals surface area contributed by atoms with Crippen molar-refractivity contribution in [3.05, 3.63) is 42.1 Å². The van der Waals surface area contributed by atoms with Crippen molar-refractivity contribution in [2.45, 2.75) is 0 Å². The Kier molecular flexibility index (Phi) is 4.31. The topological polar surface area (TPSA) is 82.2 Å². The van der Waals surface area contributed by atoms with Crippen molar-refractivity contribution in [2.75, 3.05) is 11.9 Å². The SMILES string of the molecule is Cn1nccc1NC(=O)COc1ccc(C(N)=S)cc1. The summed E-state index contributed by atoms with van der Waals surface area (Å²) in [5.41, 5.74) is 6.25. The zero-order valence-corrected chi connectivity index (χ0v) is 11.7. The van der Waals surface area contributed by atoms with E-state index in [-0.39, 0.29) is 12.5 Å². The molecule has 0 aliphatic heterocycles. The summed E-state index contributed by atoms with van der Waals surface area (Å²) >= 11 is 4.85. The quantitative estimate of drug-likeness (QED) is 0.805. The minimum Gasteiger partial charge on any atom is -0.484 e. The van der Waals surface area contributed by atoms with E-state index in [2.05, 4.69) is 10.4 Å². The van der Waals surface area contributed by atoms with E-state index >= 15 is 0 Å². The zero-order chi connectivity index (χ0) is 14.5. The minimum absolute atomic E-state index is 0.0857. The first-order valence-corrected chi connectivity index (χ1v) is 6.27. The van der Waals surface area contributed by atoms with Crippen molar-refractivity contribution in [1.29, 1.82) is 0 Å². The van der Waals surface area contributed by atoms with Crippen LogP contribution in [0.1, 0.15) is 5.56 Å². The second kappa shape index (κ2) is 6.16. The van der Waals surface area contributed by atoms with E-state index in [0.717, 1.165) is 5.56 Å². The minimum atomic E-state index is -0.257. The van der Waals surface area contributed by atoms with Gasteiger partial charge >= 0.3 is 0 Å². The van der Waals surface area contributed by atoms with Gasteiger partial charge in [-0.3, -0.25) is 9.48 Å². The highest BCUT2D eigenvalue weighted by Crippen LogP contribution is 2.12. The van der Waals surface area contributed by atoms with Crippen molar-refractivity contribution in [2.24, 2.45) is 12.8 Å². The highest BCUT2D eigenvalue weighted by Gasteiger charge is 2.06. The summed E-state index contributed by atoms with van der Waals surface area (Å²) in [6.07, 6.45) is 1.60. The molecule has 3 N–H and O–H groups in total. The second-order valence-electron chi connectivity index (χ2n) is 4.07.